The fourth-order valence-corrected chi connectivity index (χ4v) is 3.69. The first-order chi connectivity index (χ1) is 9.03. The molecule has 0 bridgehead atoms. The molecule has 2 aromatic heterocycles. The van der Waals surface area contributed by atoms with Crippen molar-refractivity contribution < 1.29 is 8.42 Å². The van der Waals surface area contributed by atoms with Gasteiger partial charge in [0.1, 0.15) is 4.90 Å². The third-order valence-corrected chi connectivity index (χ3v) is 5.56. The number of hydrogen-bond acceptors (Lipinski definition) is 6. The maximum absolute atomic E-state index is 12.0. The van der Waals surface area contributed by atoms with E-state index in [1.54, 1.807) is 7.05 Å². The van der Waals surface area contributed by atoms with Crippen molar-refractivity contribution in [2.24, 2.45) is 0 Å². The molecule has 0 atom stereocenters. The summed E-state index contributed by atoms with van der Waals surface area (Å²) in [5, 5.41) is 4.61. The molecule has 0 spiro atoms. The zero-order valence-electron chi connectivity index (χ0n) is 9.92. The Balaban J connectivity index is 2.11. The van der Waals surface area contributed by atoms with Gasteiger partial charge >= 0.3 is 0 Å². The Morgan fingerprint density at radius 3 is 2.58 bits per heavy atom. The molecule has 0 amide bonds. The predicted molar refractivity (Wildman–Crippen MR) is 77.6 cm³/mol. The largest absolute Gasteiger partial charge is 0.357 e. The molecule has 2 aromatic rings. The fourth-order valence-electron chi connectivity index (χ4n) is 1.28. The first-order valence-electron chi connectivity index (χ1n) is 5.24. The second-order valence-electron chi connectivity index (χ2n) is 3.51. The van der Waals surface area contributed by atoms with Crippen molar-refractivity contribution in [2.45, 2.75) is 11.4 Å². The highest BCUT2D eigenvalue weighted by molar-refractivity contribution is 9.10. The van der Waals surface area contributed by atoms with E-state index in [1.165, 1.54) is 23.7 Å². The fraction of sp³-hybridized carbons (Fsp3) is 0.200. The summed E-state index contributed by atoms with van der Waals surface area (Å²) in [5.41, 5.74) is 0. The van der Waals surface area contributed by atoms with E-state index >= 15 is 0 Å². The molecule has 0 fully saturated rings. The first kappa shape index (κ1) is 14.4. The molecule has 0 aliphatic rings. The third-order valence-electron chi connectivity index (χ3n) is 2.28. The molecule has 0 radical (unpaired) electrons. The standard InChI is InChI=1S/C10H11BrN4O2S2/c1-12-10-13-4-7(5-14-10)19(16,17)15-6-9-8(11)2-3-18-9/h2-5,15H,6H2,1H3,(H,12,13,14). The van der Waals surface area contributed by atoms with E-state index in [9.17, 15) is 8.42 Å². The molecule has 2 heterocycles. The molecule has 0 saturated heterocycles. The topological polar surface area (TPSA) is 84.0 Å². The number of thiophene rings is 1. The number of sulfonamides is 1. The summed E-state index contributed by atoms with van der Waals surface area (Å²) in [6.07, 6.45) is 2.54. The molecule has 102 valence electrons. The monoisotopic (exact) mass is 362 g/mol. The third kappa shape index (κ3) is 3.50. The molecular formula is C10H11BrN4O2S2. The Kier molecular flexibility index (Phi) is 4.50. The maximum atomic E-state index is 12.0. The Bertz CT molecular complexity index is 654. The minimum atomic E-state index is -3.60. The van der Waals surface area contributed by atoms with Crippen LogP contribution in [0.2, 0.25) is 0 Å². The highest BCUT2D eigenvalue weighted by Gasteiger charge is 2.15. The molecule has 0 unspecified atom stereocenters. The lowest BCUT2D eigenvalue weighted by molar-refractivity contribution is 0.581. The molecule has 2 N–H and O–H groups in total. The van der Waals surface area contributed by atoms with Crippen LogP contribution in [0, 0.1) is 0 Å². The molecule has 0 aromatic carbocycles. The molecule has 6 nitrogen and oxygen atoms in total. The Morgan fingerprint density at radius 1 is 1.37 bits per heavy atom. The summed E-state index contributed by atoms with van der Waals surface area (Å²) in [7, 11) is -1.93. The van der Waals surface area contributed by atoms with Gasteiger partial charge < -0.3 is 5.32 Å². The lowest BCUT2D eigenvalue weighted by Crippen LogP contribution is -2.23. The average molecular weight is 363 g/mol. The van der Waals surface area contributed by atoms with Crippen LogP contribution in [0.15, 0.2) is 33.2 Å². The van der Waals surface area contributed by atoms with Gasteiger partial charge in [-0.1, -0.05) is 0 Å². The van der Waals surface area contributed by atoms with E-state index in [2.05, 4.69) is 35.9 Å². The van der Waals surface area contributed by atoms with Gasteiger partial charge in [-0.2, -0.15) is 0 Å². The van der Waals surface area contributed by atoms with Gasteiger partial charge in [-0.3, -0.25) is 0 Å². The number of nitrogens with one attached hydrogen (secondary N) is 2. The zero-order chi connectivity index (χ0) is 13.9. The minimum absolute atomic E-state index is 0.0409. The molecular weight excluding hydrogens is 352 g/mol. The van der Waals surface area contributed by atoms with Gasteiger partial charge in [-0.25, -0.2) is 23.1 Å². The van der Waals surface area contributed by atoms with E-state index in [1.807, 2.05) is 11.4 Å². The second kappa shape index (κ2) is 5.95. The van der Waals surface area contributed by atoms with Gasteiger partial charge in [-0.15, -0.1) is 11.3 Å². The number of anilines is 1. The van der Waals surface area contributed by atoms with E-state index in [4.69, 9.17) is 0 Å². The van der Waals surface area contributed by atoms with E-state index in [-0.39, 0.29) is 11.4 Å². The summed E-state index contributed by atoms with van der Waals surface area (Å²) in [5.74, 6) is 0.375. The van der Waals surface area contributed by atoms with Crippen molar-refractivity contribution in [3.05, 3.63) is 33.2 Å². The average Bonchev–Trinajstić information content (AvgIpc) is 2.82. The van der Waals surface area contributed by atoms with Crippen LogP contribution >= 0.6 is 27.3 Å². The summed E-state index contributed by atoms with van der Waals surface area (Å²) in [4.78, 5) is 8.71. The van der Waals surface area contributed by atoms with Gasteiger partial charge in [0.25, 0.3) is 0 Å². The van der Waals surface area contributed by atoms with Crippen molar-refractivity contribution in [3.63, 3.8) is 0 Å². The Labute approximate surface area is 123 Å². The van der Waals surface area contributed by atoms with Crippen molar-refractivity contribution in [2.75, 3.05) is 12.4 Å². The number of aromatic nitrogens is 2. The molecule has 2 rings (SSSR count). The van der Waals surface area contributed by atoms with E-state index in [0.717, 1.165) is 9.35 Å². The highest BCUT2D eigenvalue weighted by Crippen LogP contribution is 2.22. The van der Waals surface area contributed by atoms with Crippen LogP contribution in [-0.4, -0.2) is 25.4 Å². The van der Waals surface area contributed by atoms with E-state index in [0.29, 0.717) is 5.95 Å². The van der Waals surface area contributed by atoms with Crippen LogP contribution in [-0.2, 0) is 16.6 Å². The number of hydrogen-bond donors (Lipinski definition) is 2. The van der Waals surface area contributed by atoms with Crippen LogP contribution in [0.3, 0.4) is 0 Å². The van der Waals surface area contributed by atoms with Crippen LogP contribution in [0.4, 0.5) is 5.95 Å². The van der Waals surface area contributed by atoms with Crippen LogP contribution in [0.1, 0.15) is 4.88 Å². The van der Waals surface area contributed by atoms with Gasteiger partial charge in [0.15, 0.2) is 0 Å². The maximum Gasteiger partial charge on any atom is 0.243 e. The number of rotatable bonds is 5. The summed E-state index contributed by atoms with van der Waals surface area (Å²) in [6.45, 7) is 0.231. The molecule has 9 heteroatoms. The molecule has 0 aliphatic heterocycles. The smallest absolute Gasteiger partial charge is 0.243 e. The van der Waals surface area contributed by atoms with Crippen molar-refractivity contribution >= 4 is 43.2 Å². The number of nitrogens with zero attached hydrogens (tertiary/aromatic N) is 2. The summed E-state index contributed by atoms with van der Waals surface area (Å²) >= 11 is 4.83. The summed E-state index contributed by atoms with van der Waals surface area (Å²) in [6, 6.07) is 1.87. The molecule has 0 saturated carbocycles. The van der Waals surface area contributed by atoms with Crippen LogP contribution in [0.25, 0.3) is 0 Å². The second-order valence-corrected chi connectivity index (χ2v) is 7.13. The van der Waals surface area contributed by atoms with Crippen molar-refractivity contribution in [1.82, 2.24) is 14.7 Å². The van der Waals surface area contributed by atoms with Crippen LogP contribution < -0.4 is 10.0 Å². The Morgan fingerprint density at radius 2 is 2.05 bits per heavy atom. The lowest BCUT2D eigenvalue weighted by atomic mass is 10.5. The van der Waals surface area contributed by atoms with Gasteiger partial charge in [-0.05, 0) is 27.4 Å². The van der Waals surface area contributed by atoms with Gasteiger partial charge in [0, 0.05) is 22.9 Å². The summed E-state index contributed by atoms with van der Waals surface area (Å²) < 4.78 is 27.4. The predicted octanol–water partition coefficient (Wildman–Crippen LogP) is 1.82. The minimum Gasteiger partial charge on any atom is -0.357 e. The normalized spacial score (nSPS) is 11.5. The Hall–Kier alpha value is -1.03. The first-order valence-corrected chi connectivity index (χ1v) is 8.40. The zero-order valence-corrected chi connectivity index (χ0v) is 13.1. The van der Waals surface area contributed by atoms with Crippen LogP contribution in [0.5, 0.6) is 0 Å². The quantitative estimate of drug-likeness (QED) is 0.847. The molecule has 19 heavy (non-hydrogen) atoms. The van der Waals surface area contributed by atoms with Gasteiger partial charge in [0.05, 0.1) is 12.4 Å². The highest BCUT2D eigenvalue weighted by atomic mass is 79.9. The number of halogens is 1. The molecule has 0 aliphatic carbocycles. The SMILES string of the molecule is CNc1ncc(S(=O)(=O)NCc2sccc2Br)cn1. The lowest BCUT2D eigenvalue weighted by Gasteiger charge is -2.06. The van der Waals surface area contributed by atoms with E-state index < -0.39 is 10.0 Å². The van der Waals surface area contributed by atoms with Crippen molar-refractivity contribution in [1.29, 1.82) is 0 Å². The van der Waals surface area contributed by atoms with Gasteiger partial charge in [0.2, 0.25) is 16.0 Å². The van der Waals surface area contributed by atoms with Crippen molar-refractivity contribution in [3.8, 4) is 0 Å².